The highest BCUT2D eigenvalue weighted by atomic mass is 16.5. The van der Waals surface area contributed by atoms with E-state index in [9.17, 15) is 5.11 Å². The number of rotatable bonds is 27. The van der Waals surface area contributed by atoms with Crippen LogP contribution in [-0.2, 0) is 33.5 Å². The third kappa shape index (κ3) is 15.6. The molecule has 3 unspecified atom stereocenters. The quantitative estimate of drug-likeness (QED) is 0.0611. The summed E-state index contributed by atoms with van der Waals surface area (Å²) in [6, 6.07) is 36.1. The van der Waals surface area contributed by atoms with Crippen molar-refractivity contribution in [3.05, 3.63) is 137 Å². The van der Waals surface area contributed by atoms with Crippen molar-refractivity contribution in [2.75, 3.05) is 0 Å². The molecule has 0 fully saturated rings. The Balaban J connectivity index is 1.73. The largest absolute Gasteiger partial charge is 0.508 e. The van der Waals surface area contributed by atoms with E-state index in [-0.39, 0.29) is 18.3 Å². The predicted octanol–water partition coefficient (Wildman–Crippen LogP) is 15.4. The van der Waals surface area contributed by atoms with Gasteiger partial charge in [0.15, 0.2) is 0 Å². The maximum Gasteiger partial charge on any atom is 0.119 e. The molecule has 0 saturated heterocycles. The van der Waals surface area contributed by atoms with Crippen molar-refractivity contribution in [1.29, 1.82) is 0 Å². The zero-order valence-electron chi connectivity index (χ0n) is 37.8. The molecule has 0 aliphatic heterocycles. The molecule has 0 radical (unpaired) electrons. The molecule has 318 valence electrons. The van der Waals surface area contributed by atoms with Crippen LogP contribution in [0.1, 0.15) is 191 Å². The highest BCUT2D eigenvalue weighted by Crippen LogP contribution is 2.40. The topological polar surface area (TPSA) is 47.9 Å². The third-order valence-electron chi connectivity index (χ3n) is 11.4. The van der Waals surface area contributed by atoms with Gasteiger partial charge in [-0.05, 0) is 94.7 Å². The fourth-order valence-corrected chi connectivity index (χ4v) is 8.53. The molecule has 4 heteroatoms. The van der Waals surface area contributed by atoms with Crippen LogP contribution in [-0.4, -0.2) is 21.9 Å². The lowest BCUT2D eigenvalue weighted by Crippen LogP contribution is -2.35. The van der Waals surface area contributed by atoms with Crippen LogP contribution < -0.4 is 0 Å². The summed E-state index contributed by atoms with van der Waals surface area (Å²) in [5.41, 5.74) is 5.38. The lowest BCUT2D eigenvalue weighted by atomic mass is 9.82. The molecule has 0 saturated carbocycles. The Morgan fingerprint density at radius 3 is 1.09 bits per heavy atom. The van der Waals surface area contributed by atoms with Crippen molar-refractivity contribution in [2.45, 2.75) is 194 Å². The maximum atomic E-state index is 11.9. The first-order chi connectivity index (χ1) is 27.8. The van der Waals surface area contributed by atoms with E-state index >= 15 is 0 Å². The Bertz CT molecular complexity index is 1710. The first-order valence-electron chi connectivity index (χ1n) is 22.8. The number of phenolic OH excluding ortho intramolecular Hbond substituents is 1. The van der Waals surface area contributed by atoms with Crippen LogP contribution >= 0.6 is 0 Å². The van der Waals surface area contributed by atoms with E-state index in [1.54, 1.807) is 0 Å². The molecule has 0 aliphatic carbocycles. The highest BCUT2D eigenvalue weighted by Gasteiger charge is 2.34. The smallest absolute Gasteiger partial charge is 0.119 e. The van der Waals surface area contributed by atoms with Gasteiger partial charge in [-0.3, -0.25) is 0 Å². The van der Waals surface area contributed by atoms with Crippen LogP contribution in [0.3, 0.4) is 0 Å². The fraction of sp³-hybridized carbons (Fsp3) is 0.556. The molecule has 0 aromatic heterocycles. The zero-order chi connectivity index (χ0) is 42.0. The minimum Gasteiger partial charge on any atom is -0.508 e. The molecule has 58 heavy (non-hydrogen) atoms. The molecule has 4 aromatic rings. The van der Waals surface area contributed by atoms with Gasteiger partial charge in [-0.2, -0.15) is 0 Å². The van der Waals surface area contributed by atoms with Crippen LogP contribution in [0.5, 0.6) is 5.75 Å². The van der Waals surface area contributed by atoms with Crippen molar-refractivity contribution >= 4 is 0 Å². The van der Waals surface area contributed by atoms with Gasteiger partial charge in [-0.25, -0.2) is 0 Å². The molecule has 3 atom stereocenters. The molecule has 0 heterocycles. The van der Waals surface area contributed by atoms with Gasteiger partial charge in [0.05, 0.1) is 35.1 Å². The van der Waals surface area contributed by atoms with Crippen molar-refractivity contribution in [2.24, 2.45) is 0 Å². The molecule has 0 bridgehead atoms. The van der Waals surface area contributed by atoms with E-state index < -0.39 is 16.8 Å². The van der Waals surface area contributed by atoms with Crippen molar-refractivity contribution in [3.8, 4) is 5.75 Å². The van der Waals surface area contributed by atoms with Crippen molar-refractivity contribution in [1.82, 2.24) is 0 Å². The number of ether oxygens (including phenoxy) is 3. The van der Waals surface area contributed by atoms with E-state index in [1.807, 2.05) is 6.07 Å². The minimum atomic E-state index is -0.557. The molecule has 4 aromatic carbocycles. The van der Waals surface area contributed by atoms with Crippen LogP contribution in [0.25, 0.3) is 0 Å². The molecule has 4 nitrogen and oxygen atoms in total. The highest BCUT2D eigenvalue weighted by molar-refractivity contribution is 5.47. The van der Waals surface area contributed by atoms with Crippen LogP contribution in [0.4, 0.5) is 0 Å². The molecule has 4 rings (SSSR count). The maximum absolute atomic E-state index is 11.9. The molecule has 0 aliphatic rings. The van der Waals surface area contributed by atoms with E-state index in [4.69, 9.17) is 14.2 Å². The number of benzene rings is 4. The second-order valence-electron chi connectivity index (χ2n) is 18.5. The second kappa shape index (κ2) is 23.4. The van der Waals surface area contributed by atoms with Gasteiger partial charge in [0, 0.05) is 24.8 Å². The monoisotopic (exact) mass is 791 g/mol. The summed E-state index contributed by atoms with van der Waals surface area (Å²) in [7, 11) is 0. The normalized spacial score (nSPS) is 14.0. The van der Waals surface area contributed by atoms with Gasteiger partial charge in [0.2, 0.25) is 0 Å². The Kier molecular flexibility index (Phi) is 19.0. The number of unbranched alkanes of at least 4 members (excludes halogenated alkanes) is 6. The standard InChI is InChI=1S/C54H78O4/c1-10-13-19-34-49(42-28-22-16-23-29-42)56-52(4,5)39-45-37-38-48(55)47(41-54(8,9)58-51(36-21-15-12-3)44-32-26-18-27-33-44)46(45)40-53(6,7)57-50(35-20-14-11-2)43-30-24-17-25-31-43/h16-18,22-33,37-38,49-51,55H,10-15,19-21,34-36,39-41H2,1-9H3. The summed E-state index contributed by atoms with van der Waals surface area (Å²) in [4.78, 5) is 0. The summed E-state index contributed by atoms with van der Waals surface area (Å²) in [6.45, 7) is 20.0. The van der Waals surface area contributed by atoms with E-state index in [1.165, 1.54) is 60.8 Å². The molecule has 0 spiro atoms. The molecule has 1 N–H and O–H groups in total. The minimum absolute atomic E-state index is 0.00673. The summed E-state index contributed by atoms with van der Waals surface area (Å²) in [5, 5.41) is 11.9. The second-order valence-corrected chi connectivity index (χ2v) is 18.5. The van der Waals surface area contributed by atoms with Gasteiger partial charge in [0.1, 0.15) is 5.75 Å². The van der Waals surface area contributed by atoms with E-state index in [2.05, 4.69) is 159 Å². The van der Waals surface area contributed by atoms with Gasteiger partial charge in [0.25, 0.3) is 0 Å². The fourth-order valence-electron chi connectivity index (χ4n) is 8.53. The lowest BCUT2D eigenvalue weighted by Gasteiger charge is -2.37. The Morgan fingerprint density at radius 1 is 0.414 bits per heavy atom. The van der Waals surface area contributed by atoms with Gasteiger partial charge in [-0.1, -0.05) is 176 Å². The van der Waals surface area contributed by atoms with Gasteiger partial charge in [-0.15, -0.1) is 0 Å². The van der Waals surface area contributed by atoms with Gasteiger partial charge < -0.3 is 19.3 Å². The number of hydrogen-bond donors (Lipinski definition) is 1. The summed E-state index contributed by atoms with van der Waals surface area (Å²) < 4.78 is 21.4. The number of aromatic hydroxyl groups is 1. The predicted molar refractivity (Wildman–Crippen MR) is 245 cm³/mol. The number of phenols is 1. The summed E-state index contributed by atoms with van der Waals surface area (Å²) in [5.74, 6) is 0.316. The van der Waals surface area contributed by atoms with E-state index in [0.29, 0.717) is 25.0 Å². The lowest BCUT2D eigenvalue weighted by molar-refractivity contribution is -0.0823. The Labute approximate surface area is 354 Å². The zero-order valence-corrected chi connectivity index (χ0v) is 37.8. The van der Waals surface area contributed by atoms with Gasteiger partial charge >= 0.3 is 0 Å². The first-order valence-corrected chi connectivity index (χ1v) is 22.8. The summed E-state index contributed by atoms with van der Waals surface area (Å²) in [6.07, 6.45) is 15.2. The van der Waals surface area contributed by atoms with Crippen LogP contribution in [0, 0.1) is 0 Å². The van der Waals surface area contributed by atoms with Crippen molar-refractivity contribution in [3.63, 3.8) is 0 Å². The Morgan fingerprint density at radius 2 is 0.741 bits per heavy atom. The van der Waals surface area contributed by atoms with Crippen LogP contribution in [0.2, 0.25) is 0 Å². The first kappa shape index (κ1) is 47.2. The van der Waals surface area contributed by atoms with Crippen LogP contribution in [0.15, 0.2) is 103 Å². The van der Waals surface area contributed by atoms with Crippen molar-refractivity contribution < 1.29 is 19.3 Å². The third-order valence-corrected chi connectivity index (χ3v) is 11.4. The Hall–Kier alpha value is -3.44. The number of hydrogen-bond acceptors (Lipinski definition) is 4. The average Bonchev–Trinajstić information content (AvgIpc) is 3.20. The average molecular weight is 791 g/mol. The SMILES string of the molecule is CCCCCC(OC(C)(C)Cc1ccc(O)c(CC(C)(C)OC(CCCCC)c2ccccc2)c1CC(C)(C)OC(CCCCC)c1ccccc1)c1ccccc1. The summed E-state index contributed by atoms with van der Waals surface area (Å²) >= 11 is 0. The van der Waals surface area contributed by atoms with E-state index in [0.717, 1.165) is 49.7 Å². The molecule has 0 amide bonds. The molecular formula is C54H78O4. The molecular weight excluding hydrogens is 713 g/mol.